The largest absolute Gasteiger partial charge is 0.508 e. The van der Waals surface area contributed by atoms with Gasteiger partial charge in [0.2, 0.25) is 0 Å². The van der Waals surface area contributed by atoms with Crippen molar-refractivity contribution >= 4 is 6.09 Å². The Labute approximate surface area is 138 Å². The van der Waals surface area contributed by atoms with Crippen LogP contribution in [0, 0.1) is 5.82 Å². The molecule has 0 heterocycles. The van der Waals surface area contributed by atoms with E-state index in [1.165, 1.54) is 6.07 Å². The first-order valence-electron chi connectivity index (χ1n) is 7.26. The van der Waals surface area contributed by atoms with E-state index in [4.69, 9.17) is 9.84 Å². The number of ether oxygens (including phenoxy) is 1. The fourth-order valence-corrected chi connectivity index (χ4v) is 2.04. The smallest absolute Gasteiger partial charge is 0.407 e. The zero-order valence-corrected chi connectivity index (χ0v) is 12.7. The van der Waals surface area contributed by atoms with Gasteiger partial charge in [-0.1, -0.05) is 30.3 Å². The Morgan fingerprint density at radius 3 is 2.54 bits per heavy atom. The van der Waals surface area contributed by atoms with E-state index in [2.05, 4.69) is 5.32 Å². The first-order valence-corrected chi connectivity index (χ1v) is 7.26. The maximum Gasteiger partial charge on any atom is 0.407 e. The number of aliphatic hydroxyl groups excluding tert-OH is 2. The lowest BCUT2D eigenvalue weighted by Crippen LogP contribution is -2.36. The molecule has 2 atom stereocenters. The minimum Gasteiger partial charge on any atom is -0.508 e. The van der Waals surface area contributed by atoms with Crippen molar-refractivity contribution in [2.45, 2.75) is 18.8 Å². The number of nitrogens with one attached hydrogen (secondary N) is 1. The molecule has 24 heavy (non-hydrogen) atoms. The average molecular weight is 335 g/mol. The third kappa shape index (κ3) is 4.94. The van der Waals surface area contributed by atoms with Crippen molar-refractivity contribution in [3.05, 3.63) is 65.5 Å². The Morgan fingerprint density at radius 1 is 1.17 bits per heavy atom. The number of hydrogen-bond donors (Lipinski definition) is 4. The highest BCUT2D eigenvalue weighted by atomic mass is 19.1. The summed E-state index contributed by atoms with van der Waals surface area (Å²) in [5.41, 5.74) is 0.624. The normalized spacial score (nSPS) is 13.1. The Morgan fingerprint density at radius 2 is 1.88 bits per heavy atom. The van der Waals surface area contributed by atoms with Crippen LogP contribution >= 0.6 is 0 Å². The number of alkyl carbamates (subject to hydrolysis) is 1. The van der Waals surface area contributed by atoms with Crippen LogP contribution in [0.1, 0.15) is 17.2 Å². The monoisotopic (exact) mass is 335 g/mol. The van der Waals surface area contributed by atoms with Crippen molar-refractivity contribution in [1.82, 2.24) is 5.32 Å². The molecule has 2 unspecified atom stereocenters. The predicted molar refractivity (Wildman–Crippen MR) is 83.7 cm³/mol. The van der Waals surface area contributed by atoms with Gasteiger partial charge >= 0.3 is 6.09 Å². The van der Waals surface area contributed by atoms with Gasteiger partial charge in [0.1, 0.15) is 30.4 Å². The van der Waals surface area contributed by atoms with E-state index < -0.39 is 24.1 Å². The second-order valence-corrected chi connectivity index (χ2v) is 5.16. The SMILES string of the molecule is O=C(NCC(O)C(O)c1ccc(O)cc1F)OCc1ccccc1. The molecule has 6 nitrogen and oxygen atoms in total. The van der Waals surface area contributed by atoms with Crippen molar-refractivity contribution in [1.29, 1.82) is 0 Å². The number of phenolic OH excluding ortho intramolecular Hbond substituents is 1. The molecule has 0 radical (unpaired) electrons. The highest BCUT2D eigenvalue weighted by Crippen LogP contribution is 2.23. The van der Waals surface area contributed by atoms with Crippen LogP contribution in [-0.2, 0) is 11.3 Å². The summed E-state index contributed by atoms with van der Waals surface area (Å²) in [6.45, 7) is -0.257. The predicted octanol–water partition coefficient (Wildman–Crippen LogP) is 1.85. The number of hydrogen-bond acceptors (Lipinski definition) is 5. The molecule has 0 aliphatic heterocycles. The van der Waals surface area contributed by atoms with Gasteiger partial charge in [0.15, 0.2) is 0 Å². The topological polar surface area (TPSA) is 99.0 Å². The Kier molecular flexibility index (Phi) is 6.11. The standard InChI is InChI=1S/C17H18FNO5/c18-14-8-12(20)6-7-13(14)16(22)15(21)9-19-17(23)24-10-11-4-2-1-3-5-11/h1-8,15-16,20-22H,9-10H2,(H,19,23). The second-order valence-electron chi connectivity index (χ2n) is 5.16. The number of amides is 1. The molecule has 0 saturated heterocycles. The van der Waals surface area contributed by atoms with Gasteiger partial charge in [-0.15, -0.1) is 0 Å². The van der Waals surface area contributed by atoms with Crippen molar-refractivity contribution in [2.75, 3.05) is 6.54 Å². The number of carbonyl (C=O) groups is 1. The lowest BCUT2D eigenvalue weighted by atomic mass is 10.0. The summed E-state index contributed by atoms with van der Waals surface area (Å²) >= 11 is 0. The number of aromatic hydroxyl groups is 1. The van der Waals surface area contributed by atoms with Gasteiger partial charge in [-0.25, -0.2) is 9.18 Å². The van der Waals surface area contributed by atoms with Crippen molar-refractivity contribution in [3.63, 3.8) is 0 Å². The van der Waals surface area contributed by atoms with Crippen LogP contribution in [0.15, 0.2) is 48.5 Å². The van der Waals surface area contributed by atoms with Crippen LogP contribution in [0.5, 0.6) is 5.75 Å². The van der Waals surface area contributed by atoms with Crippen LogP contribution in [0.3, 0.4) is 0 Å². The van der Waals surface area contributed by atoms with E-state index in [0.29, 0.717) is 0 Å². The third-order valence-electron chi connectivity index (χ3n) is 3.34. The number of benzene rings is 2. The first kappa shape index (κ1) is 17.7. The quantitative estimate of drug-likeness (QED) is 0.646. The minimum absolute atomic E-state index is 0.0674. The summed E-state index contributed by atoms with van der Waals surface area (Å²) in [4.78, 5) is 11.6. The molecule has 2 rings (SSSR count). The van der Waals surface area contributed by atoms with E-state index in [-0.39, 0.29) is 24.5 Å². The van der Waals surface area contributed by atoms with Crippen LogP contribution in [-0.4, -0.2) is 34.1 Å². The van der Waals surface area contributed by atoms with Crippen molar-refractivity contribution < 1.29 is 29.2 Å². The Hall–Kier alpha value is -2.64. The molecule has 0 bridgehead atoms. The summed E-state index contributed by atoms with van der Waals surface area (Å²) < 4.78 is 18.6. The van der Waals surface area contributed by atoms with E-state index in [1.54, 1.807) is 12.1 Å². The van der Waals surface area contributed by atoms with Crippen LogP contribution < -0.4 is 5.32 Å². The molecule has 0 aromatic heterocycles. The molecule has 0 aliphatic carbocycles. The molecule has 128 valence electrons. The molecular formula is C17H18FNO5. The second kappa shape index (κ2) is 8.28. The Bertz CT molecular complexity index is 680. The molecule has 7 heteroatoms. The molecule has 0 fully saturated rings. The lowest BCUT2D eigenvalue weighted by molar-refractivity contribution is 0.0164. The van der Waals surface area contributed by atoms with E-state index in [1.807, 2.05) is 18.2 Å². The van der Waals surface area contributed by atoms with Gasteiger partial charge in [0.25, 0.3) is 0 Å². The molecule has 4 N–H and O–H groups in total. The van der Waals surface area contributed by atoms with Crippen LogP contribution in [0.2, 0.25) is 0 Å². The van der Waals surface area contributed by atoms with E-state index in [0.717, 1.165) is 17.7 Å². The number of carbonyl (C=O) groups excluding carboxylic acids is 1. The number of halogens is 1. The lowest BCUT2D eigenvalue weighted by Gasteiger charge is -2.19. The van der Waals surface area contributed by atoms with Crippen molar-refractivity contribution in [3.8, 4) is 5.75 Å². The molecule has 1 amide bonds. The molecule has 0 saturated carbocycles. The van der Waals surface area contributed by atoms with E-state index in [9.17, 15) is 19.4 Å². The molecule has 0 aliphatic rings. The van der Waals surface area contributed by atoms with Gasteiger partial charge in [0.05, 0.1) is 0 Å². The van der Waals surface area contributed by atoms with Crippen LogP contribution in [0.4, 0.5) is 9.18 Å². The average Bonchev–Trinajstić information content (AvgIpc) is 2.58. The zero-order chi connectivity index (χ0) is 17.5. The number of phenols is 1. The fourth-order valence-electron chi connectivity index (χ4n) is 2.04. The van der Waals surface area contributed by atoms with Gasteiger partial charge in [0, 0.05) is 18.2 Å². The summed E-state index contributed by atoms with van der Waals surface area (Å²) in [6.07, 6.45) is -3.76. The minimum atomic E-state index is -1.56. The van der Waals surface area contributed by atoms with Gasteiger partial charge in [-0.2, -0.15) is 0 Å². The molecule has 0 spiro atoms. The van der Waals surface area contributed by atoms with Gasteiger partial charge in [-0.3, -0.25) is 0 Å². The van der Waals surface area contributed by atoms with Crippen molar-refractivity contribution in [2.24, 2.45) is 0 Å². The maximum absolute atomic E-state index is 13.6. The molecular weight excluding hydrogens is 317 g/mol. The van der Waals surface area contributed by atoms with Gasteiger partial charge in [-0.05, 0) is 17.7 Å². The summed E-state index contributed by atoms with van der Waals surface area (Å²) in [5.74, 6) is -1.14. The van der Waals surface area contributed by atoms with Gasteiger partial charge < -0.3 is 25.4 Å². The third-order valence-corrected chi connectivity index (χ3v) is 3.34. The number of aliphatic hydroxyl groups is 2. The van der Waals surface area contributed by atoms with E-state index >= 15 is 0 Å². The summed E-state index contributed by atoms with van der Waals surface area (Å²) in [5, 5.41) is 31.2. The highest BCUT2D eigenvalue weighted by Gasteiger charge is 2.22. The Balaban J connectivity index is 1.81. The first-order chi connectivity index (χ1) is 11.5. The molecule has 2 aromatic carbocycles. The van der Waals surface area contributed by atoms with Crippen LogP contribution in [0.25, 0.3) is 0 Å². The number of rotatable bonds is 6. The fraction of sp³-hybridized carbons (Fsp3) is 0.235. The maximum atomic E-state index is 13.6. The molecule has 2 aromatic rings. The highest BCUT2D eigenvalue weighted by molar-refractivity contribution is 5.67. The summed E-state index contributed by atoms with van der Waals surface area (Å²) in [6, 6.07) is 12.2. The zero-order valence-electron chi connectivity index (χ0n) is 12.7. The summed E-state index contributed by atoms with van der Waals surface area (Å²) in [7, 11) is 0.